The molecule has 2 aliphatic rings. The fraction of sp³-hybridized carbons (Fsp3) is 0.0909. The molecule has 0 amide bonds. The van der Waals surface area contributed by atoms with Gasteiger partial charge in [0.15, 0.2) is 5.78 Å². The summed E-state index contributed by atoms with van der Waals surface area (Å²) in [7, 11) is 0. The molecule has 0 N–H and O–H groups in total. The third-order valence-corrected chi connectivity index (χ3v) is 8.61. The number of para-hydroxylation sites is 2. The summed E-state index contributed by atoms with van der Waals surface area (Å²) in [6.07, 6.45) is 5.18. The van der Waals surface area contributed by atoms with Gasteiger partial charge in [-0.25, -0.2) is 0 Å². The highest BCUT2D eigenvalue weighted by Gasteiger charge is 2.40. The molecule has 0 unspecified atom stereocenters. The molecule has 188 valence electrons. The first kappa shape index (κ1) is 23.4. The first-order chi connectivity index (χ1) is 18.9. The topological polar surface area (TPSA) is 63.2 Å². The maximum absolute atomic E-state index is 12.9. The van der Waals surface area contributed by atoms with Crippen LogP contribution in [0.4, 0.5) is 17.1 Å². The van der Waals surface area contributed by atoms with E-state index in [4.69, 9.17) is 4.98 Å². The lowest BCUT2D eigenvalue weighted by molar-refractivity contribution is 0.0989. The minimum atomic E-state index is -0.312. The van der Waals surface area contributed by atoms with Gasteiger partial charge in [-0.2, -0.15) is 0 Å². The van der Waals surface area contributed by atoms with E-state index in [9.17, 15) is 9.59 Å². The molecule has 7 rings (SSSR count). The number of carbonyl (C=O) groups excluding carboxylic acids is 2. The summed E-state index contributed by atoms with van der Waals surface area (Å²) >= 11 is 1.57. The Balaban J connectivity index is 1.30. The molecule has 39 heavy (non-hydrogen) atoms. The predicted octanol–water partition coefficient (Wildman–Crippen LogP) is 7.78. The van der Waals surface area contributed by atoms with Gasteiger partial charge in [0.2, 0.25) is 5.78 Å². The van der Waals surface area contributed by atoms with Gasteiger partial charge in [0.25, 0.3) is 0 Å². The van der Waals surface area contributed by atoms with Gasteiger partial charge in [0, 0.05) is 27.9 Å². The quantitative estimate of drug-likeness (QED) is 0.177. The number of nitrogens with zero attached hydrogens (tertiary/aromatic N) is 3. The number of pyridine rings is 2. The van der Waals surface area contributed by atoms with Crippen LogP contribution in [0, 0.1) is 0 Å². The first-order valence-electron chi connectivity index (χ1n) is 12.7. The lowest BCUT2D eigenvalue weighted by atomic mass is 9.83. The molecule has 0 radical (unpaired) electrons. The number of hydrogen-bond acceptors (Lipinski definition) is 6. The van der Waals surface area contributed by atoms with Crippen LogP contribution in [0.3, 0.4) is 0 Å². The molecule has 5 aromatic rings. The zero-order valence-electron chi connectivity index (χ0n) is 21.4. The number of fused-ring (bicyclic) bond motifs is 4. The molecule has 5 nitrogen and oxygen atoms in total. The van der Waals surface area contributed by atoms with Crippen molar-refractivity contribution in [3.63, 3.8) is 0 Å². The number of hydrogen-bond donors (Lipinski definition) is 0. The molecule has 0 saturated carbocycles. The molecule has 0 bridgehead atoms. The molecule has 2 aliphatic carbocycles. The Morgan fingerprint density at radius 3 is 2.10 bits per heavy atom. The average Bonchev–Trinajstić information content (AvgIpc) is 3.56. The van der Waals surface area contributed by atoms with Crippen molar-refractivity contribution in [2.24, 2.45) is 0 Å². The summed E-state index contributed by atoms with van der Waals surface area (Å²) in [5, 5.41) is 0. The van der Waals surface area contributed by atoms with Crippen LogP contribution >= 0.6 is 11.3 Å². The first-order valence-corrected chi connectivity index (χ1v) is 13.6. The van der Waals surface area contributed by atoms with Gasteiger partial charge >= 0.3 is 0 Å². The van der Waals surface area contributed by atoms with Gasteiger partial charge in [-0.15, -0.1) is 11.3 Å². The number of benzene rings is 2. The predicted molar refractivity (Wildman–Crippen MR) is 155 cm³/mol. The number of anilines is 3. The Kier molecular flexibility index (Phi) is 5.22. The van der Waals surface area contributed by atoms with Gasteiger partial charge in [0.05, 0.1) is 33.6 Å². The van der Waals surface area contributed by atoms with Crippen LogP contribution in [0.15, 0.2) is 103 Å². The second-order valence-electron chi connectivity index (χ2n) is 10.2. The fourth-order valence-corrected chi connectivity index (χ4v) is 6.79. The summed E-state index contributed by atoms with van der Waals surface area (Å²) in [5.41, 5.74) is 6.85. The number of rotatable bonds is 4. The summed E-state index contributed by atoms with van der Waals surface area (Å²) in [5.74, 6) is -0.575. The molecule has 0 saturated heterocycles. The fourth-order valence-electron chi connectivity index (χ4n) is 5.52. The summed E-state index contributed by atoms with van der Waals surface area (Å²) in [4.78, 5) is 39.1. The molecule has 0 atom stereocenters. The largest absolute Gasteiger partial charge is 0.309 e. The van der Waals surface area contributed by atoms with Crippen LogP contribution < -0.4 is 4.90 Å². The van der Waals surface area contributed by atoms with E-state index in [-0.39, 0.29) is 28.2 Å². The molecule has 3 heterocycles. The van der Waals surface area contributed by atoms with Gasteiger partial charge < -0.3 is 4.90 Å². The summed E-state index contributed by atoms with van der Waals surface area (Å²) in [6.45, 7) is 4.40. The van der Waals surface area contributed by atoms with Crippen LogP contribution in [0.1, 0.15) is 50.7 Å². The SMILES string of the molecule is CC1(C)c2cc(N(c3ccccc3)c3ccccc3)cnc2-c2sc(/C=C3\C(=O)c4cccnc4C3=O)cc21. The standard InChI is InChI=1S/C33H23N3O2S/c1-33(2)26-16-22(36(20-10-5-3-6-11-20)21-12-7-4-8-13-21)19-35-29(26)32-27(33)18-23(39-32)17-25-30(37)24-14-9-15-34-28(24)31(25)38/h3-19H,1-2H3/b25-17+. The van der Waals surface area contributed by atoms with Crippen molar-refractivity contribution >= 4 is 46.0 Å². The average molecular weight is 526 g/mol. The van der Waals surface area contributed by atoms with Crippen molar-refractivity contribution in [2.45, 2.75) is 19.3 Å². The Morgan fingerprint density at radius 1 is 0.744 bits per heavy atom. The molecule has 6 heteroatoms. The van der Waals surface area contributed by atoms with Gasteiger partial charge in [0.1, 0.15) is 5.69 Å². The minimum Gasteiger partial charge on any atom is -0.309 e. The van der Waals surface area contributed by atoms with E-state index in [1.165, 1.54) is 0 Å². The Morgan fingerprint density at radius 2 is 1.44 bits per heavy atom. The molecule has 3 aromatic heterocycles. The number of allylic oxidation sites excluding steroid dienone is 1. The Hall–Kier alpha value is -4.68. The monoisotopic (exact) mass is 525 g/mol. The highest BCUT2D eigenvalue weighted by Crippen LogP contribution is 2.53. The minimum absolute atomic E-state index is 0.173. The Labute approximate surface area is 230 Å². The van der Waals surface area contributed by atoms with Gasteiger partial charge in [-0.3, -0.25) is 19.6 Å². The van der Waals surface area contributed by atoms with E-state index in [2.05, 4.69) is 60.1 Å². The lowest BCUT2D eigenvalue weighted by Gasteiger charge is -2.27. The van der Waals surface area contributed by atoms with Crippen LogP contribution in [0.5, 0.6) is 0 Å². The van der Waals surface area contributed by atoms with Crippen molar-refractivity contribution in [1.29, 1.82) is 0 Å². The Bertz CT molecular complexity index is 1740. The van der Waals surface area contributed by atoms with E-state index in [0.717, 1.165) is 43.6 Å². The second kappa shape index (κ2) is 8.68. The number of thiophene rings is 1. The van der Waals surface area contributed by atoms with Gasteiger partial charge in [-0.05, 0) is 65.7 Å². The normalized spacial score (nSPS) is 15.8. The van der Waals surface area contributed by atoms with Crippen LogP contribution in [0.25, 0.3) is 16.6 Å². The van der Waals surface area contributed by atoms with E-state index in [1.807, 2.05) is 42.6 Å². The maximum Gasteiger partial charge on any atom is 0.216 e. The van der Waals surface area contributed by atoms with Crippen molar-refractivity contribution in [3.05, 3.63) is 130 Å². The molecule has 0 spiro atoms. The second-order valence-corrected chi connectivity index (χ2v) is 11.3. The van der Waals surface area contributed by atoms with Gasteiger partial charge in [-0.1, -0.05) is 50.2 Å². The highest BCUT2D eigenvalue weighted by atomic mass is 32.1. The van der Waals surface area contributed by atoms with Crippen molar-refractivity contribution < 1.29 is 9.59 Å². The van der Waals surface area contributed by atoms with Crippen LogP contribution in [-0.2, 0) is 5.41 Å². The van der Waals surface area contributed by atoms with Crippen molar-refractivity contribution in [1.82, 2.24) is 9.97 Å². The lowest BCUT2D eigenvalue weighted by Crippen LogP contribution is -2.16. The molecule has 0 aliphatic heterocycles. The zero-order chi connectivity index (χ0) is 26.7. The summed E-state index contributed by atoms with van der Waals surface area (Å²) in [6, 6.07) is 28.3. The molecular formula is C33H23N3O2S. The van der Waals surface area contributed by atoms with E-state index in [0.29, 0.717) is 5.56 Å². The maximum atomic E-state index is 12.9. The van der Waals surface area contributed by atoms with Crippen molar-refractivity contribution in [3.8, 4) is 10.6 Å². The van der Waals surface area contributed by atoms with Crippen molar-refractivity contribution in [2.75, 3.05) is 4.90 Å². The molecule has 0 fully saturated rings. The van der Waals surface area contributed by atoms with E-state index >= 15 is 0 Å². The number of carbonyl (C=O) groups is 2. The van der Waals surface area contributed by atoms with Crippen LogP contribution in [0.2, 0.25) is 0 Å². The molecule has 2 aromatic carbocycles. The van der Waals surface area contributed by atoms with Crippen LogP contribution in [-0.4, -0.2) is 21.5 Å². The zero-order valence-corrected chi connectivity index (χ0v) is 22.2. The number of aromatic nitrogens is 2. The third kappa shape index (κ3) is 3.60. The van der Waals surface area contributed by atoms with E-state index in [1.54, 1.807) is 35.7 Å². The van der Waals surface area contributed by atoms with E-state index < -0.39 is 0 Å². The smallest absolute Gasteiger partial charge is 0.216 e. The summed E-state index contributed by atoms with van der Waals surface area (Å²) < 4.78 is 0. The number of ketones is 2. The third-order valence-electron chi connectivity index (χ3n) is 7.52. The number of Topliss-reactive ketones (excluding diaryl/α,β-unsaturated/α-hetero) is 2. The molecular weight excluding hydrogens is 502 g/mol. The highest BCUT2D eigenvalue weighted by molar-refractivity contribution is 7.16.